The molecule has 0 atom stereocenters. The molecule has 1 aromatic heterocycles. The lowest BCUT2D eigenvalue weighted by Crippen LogP contribution is -1.87. The Morgan fingerprint density at radius 1 is 1.42 bits per heavy atom. The third-order valence-corrected chi connectivity index (χ3v) is 1.48. The Labute approximate surface area is 67.6 Å². The van der Waals surface area contributed by atoms with Crippen LogP contribution in [0.3, 0.4) is 0 Å². The number of anilines is 1. The van der Waals surface area contributed by atoms with Crippen LogP contribution in [-0.4, -0.2) is 10.3 Å². The summed E-state index contributed by atoms with van der Waals surface area (Å²) in [5, 5.41) is 18.1. The molecule has 1 aromatic carbocycles. The van der Waals surface area contributed by atoms with Crippen molar-refractivity contribution in [1.82, 2.24) is 10.3 Å². The molecule has 2 rings (SSSR count). The molecule has 0 bridgehead atoms. The highest BCUT2D eigenvalue weighted by molar-refractivity contribution is 5.87. The minimum absolute atomic E-state index is 0.569. The second-order valence-corrected chi connectivity index (χ2v) is 2.17. The first-order valence-corrected chi connectivity index (χ1v) is 3.28. The van der Waals surface area contributed by atoms with Crippen molar-refractivity contribution in [1.29, 1.82) is 5.26 Å². The SMILES string of the molecule is N#CNc1cccc2nonc12. The third-order valence-electron chi connectivity index (χ3n) is 1.48. The van der Waals surface area contributed by atoms with E-state index >= 15 is 0 Å². The molecule has 0 fully saturated rings. The summed E-state index contributed by atoms with van der Waals surface area (Å²) in [5.74, 6) is 0. The molecule has 0 aliphatic heterocycles. The molecular formula is C7H4N4O. The summed E-state index contributed by atoms with van der Waals surface area (Å²) in [6, 6.07) is 5.26. The number of fused-ring (bicyclic) bond motifs is 1. The van der Waals surface area contributed by atoms with Crippen LogP contribution in [0.15, 0.2) is 22.8 Å². The molecule has 0 amide bonds. The average molecular weight is 160 g/mol. The van der Waals surface area contributed by atoms with Gasteiger partial charge in [-0.2, -0.15) is 5.26 Å². The van der Waals surface area contributed by atoms with Gasteiger partial charge in [0.05, 0.1) is 5.69 Å². The van der Waals surface area contributed by atoms with Crippen molar-refractivity contribution in [3.8, 4) is 6.19 Å². The van der Waals surface area contributed by atoms with Gasteiger partial charge in [0.2, 0.25) is 0 Å². The van der Waals surface area contributed by atoms with Crippen molar-refractivity contribution in [3.05, 3.63) is 18.2 Å². The van der Waals surface area contributed by atoms with Crippen LogP contribution in [0.1, 0.15) is 0 Å². The van der Waals surface area contributed by atoms with E-state index in [0.29, 0.717) is 16.7 Å². The van der Waals surface area contributed by atoms with Gasteiger partial charge in [-0.25, -0.2) is 4.63 Å². The van der Waals surface area contributed by atoms with Gasteiger partial charge in [-0.05, 0) is 22.4 Å². The Morgan fingerprint density at radius 2 is 2.33 bits per heavy atom. The standard InChI is InChI=1S/C7H4N4O/c8-4-9-5-2-1-3-6-7(5)11-12-10-6/h1-3,9H. The van der Waals surface area contributed by atoms with E-state index in [2.05, 4.69) is 20.3 Å². The van der Waals surface area contributed by atoms with Crippen molar-refractivity contribution in [2.24, 2.45) is 0 Å². The van der Waals surface area contributed by atoms with Gasteiger partial charge < -0.3 is 0 Å². The van der Waals surface area contributed by atoms with E-state index in [4.69, 9.17) is 5.26 Å². The second-order valence-electron chi connectivity index (χ2n) is 2.17. The number of nitriles is 1. The fourth-order valence-electron chi connectivity index (χ4n) is 0.967. The van der Waals surface area contributed by atoms with Crippen molar-refractivity contribution < 1.29 is 4.63 Å². The highest BCUT2D eigenvalue weighted by atomic mass is 16.6. The fraction of sp³-hybridized carbons (Fsp3) is 0. The topological polar surface area (TPSA) is 74.7 Å². The van der Waals surface area contributed by atoms with E-state index in [1.54, 1.807) is 24.4 Å². The minimum atomic E-state index is 0.569. The second kappa shape index (κ2) is 2.51. The lowest BCUT2D eigenvalue weighted by atomic mass is 10.3. The highest BCUT2D eigenvalue weighted by Gasteiger charge is 2.03. The molecule has 0 saturated heterocycles. The molecular weight excluding hydrogens is 156 g/mol. The summed E-state index contributed by atoms with van der Waals surface area (Å²) in [6.45, 7) is 0. The number of benzene rings is 1. The Hall–Kier alpha value is -2.09. The van der Waals surface area contributed by atoms with Gasteiger partial charge in [0.15, 0.2) is 11.7 Å². The van der Waals surface area contributed by atoms with Crippen LogP contribution in [0.2, 0.25) is 0 Å². The zero-order valence-electron chi connectivity index (χ0n) is 5.98. The lowest BCUT2D eigenvalue weighted by Gasteiger charge is -1.93. The molecule has 1 heterocycles. The zero-order valence-corrected chi connectivity index (χ0v) is 5.98. The van der Waals surface area contributed by atoms with Crippen LogP contribution in [0.5, 0.6) is 0 Å². The maximum atomic E-state index is 8.38. The number of nitrogens with one attached hydrogen (secondary N) is 1. The maximum Gasteiger partial charge on any atom is 0.181 e. The van der Waals surface area contributed by atoms with Crippen molar-refractivity contribution in [2.45, 2.75) is 0 Å². The number of hydrogen-bond donors (Lipinski definition) is 1. The normalized spacial score (nSPS) is 9.58. The summed E-state index contributed by atoms with van der Waals surface area (Å²) in [4.78, 5) is 0. The predicted octanol–water partition coefficient (Wildman–Crippen LogP) is 1.12. The molecule has 1 N–H and O–H groups in total. The van der Waals surface area contributed by atoms with Gasteiger partial charge in [-0.15, -0.1) is 0 Å². The van der Waals surface area contributed by atoms with Crippen LogP contribution in [0.4, 0.5) is 5.69 Å². The quantitative estimate of drug-likeness (QED) is 0.499. The molecule has 0 saturated carbocycles. The summed E-state index contributed by atoms with van der Waals surface area (Å²) < 4.78 is 4.50. The number of hydrogen-bond acceptors (Lipinski definition) is 5. The van der Waals surface area contributed by atoms with E-state index in [-0.39, 0.29) is 0 Å². The first-order chi connectivity index (χ1) is 5.92. The smallest absolute Gasteiger partial charge is 0.181 e. The first-order valence-electron chi connectivity index (χ1n) is 3.28. The van der Waals surface area contributed by atoms with Crippen LogP contribution >= 0.6 is 0 Å². The number of rotatable bonds is 1. The molecule has 5 heteroatoms. The number of nitrogens with zero attached hydrogens (tertiary/aromatic N) is 3. The van der Waals surface area contributed by atoms with E-state index in [1.165, 1.54) is 0 Å². The molecule has 5 nitrogen and oxygen atoms in total. The average Bonchev–Trinajstić information content (AvgIpc) is 2.53. The Balaban J connectivity index is 2.67. The van der Waals surface area contributed by atoms with Gasteiger partial charge in [0.25, 0.3) is 0 Å². The summed E-state index contributed by atoms with van der Waals surface area (Å²) >= 11 is 0. The van der Waals surface area contributed by atoms with Crippen LogP contribution in [0.25, 0.3) is 11.0 Å². The summed E-state index contributed by atoms with van der Waals surface area (Å²) in [6.07, 6.45) is 1.81. The molecule has 0 aliphatic carbocycles. The maximum absolute atomic E-state index is 8.38. The first kappa shape index (κ1) is 6.61. The van der Waals surface area contributed by atoms with E-state index < -0.39 is 0 Å². The largest absolute Gasteiger partial charge is 0.290 e. The summed E-state index contributed by atoms with van der Waals surface area (Å²) in [5.41, 5.74) is 1.81. The zero-order chi connectivity index (χ0) is 8.39. The molecule has 58 valence electrons. The molecule has 2 aromatic rings. The minimum Gasteiger partial charge on any atom is -0.290 e. The van der Waals surface area contributed by atoms with Crippen LogP contribution < -0.4 is 5.32 Å². The molecule has 0 spiro atoms. The van der Waals surface area contributed by atoms with Crippen molar-refractivity contribution in [3.63, 3.8) is 0 Å². The van der Waals surface area contributed by atoms with Gasteiger partial charge in [0.1, 0.15) is 5.52 Å². The van der Waals surface area contributed by atoms with Gasteiger partial charge >= 0.3 is 0 Å². The molecule has 0 radical (unpaired) electrons. The Kier molecular flexibility index (Phi) is 1.38. The Morgan fingerprint density at radius 3 is 3.17 bits per heavy atom. The van der Waals surface area contributed by atoms with E-state index in [9.17, 15) is 0 Å². The Bertz CT molecular complexity index is 442. The monoisotopic (exact) mass is 160 g/mol. The van der Waals surface area contributed by atoms with Gasteiger partial charge in [-0.1, -0.05) is 6.07 Å². The van der Waals surface area contributed by atoms with Crippen LogP contribution in [0, 0.1) is 11.5 Å². The van der Waals surface area contributed by atoms with Crippen LogP contribution in [-0.2, 0) is 0 Å². The number of aromatic nitrogens is 2. The van der Waals surface area contributed by atoms with Crippen molar-refractivity contribution in [2.75, 3.05) is 5.32 Å². The van der Waals surface area contributed by atoms with Gasteiger partial charge in [0, 0.05) is 0 Å². The molecule has 12 heavy (non-hydrogen) atoms. The molecule has 0 aliphatic rings. The molecule has 0 unspecified atom stereocenters. The lowest BCUT2D eigenvalue weighted by molar-refractivity contribution is 0.315. The van der Waals surface area contributed by atoms with Gasteiger partial charge in [-0.3, -0.25) is 5.32 Å². The van der Waals surface area contributed by atoms with E-state index in [0.717, 1.165) is 0 Å². The predicted molar refractivity (Wildman–Crippen MR) is 41.0 cm³/mol. The summed E-state index contributed by atoms with van der Waals surface area (Å²) in [7, 11) is 0. The van der Waals surface area contributed by atoms with Crippen molar-refractivity contribution >= 4 is 16.7 Å². The third kappa shape index (κ3) is 0.864. The fourth-order valence-corrected chi connectivity index (χ4v) is 0.967. The van der Waals surface area contributed by atoms with E-state index in [1.807, 2.05) is 0 Å². The highest BCUT2D eigenvalue weighted by Crippen LogP contribution is 2.18.